The summed E-state index contributed by atoms with van der Waals surface area (Å²) in [6.07, 6.45) is 0.943. The van der Waals surface area contributed by atoms with Crippen molar-refractivity contribution in [2.24, 2.45) is 0 Å². The van der Waals surface area contributed by atoms with Gasteiger partial charge in [-0.3, -0.25) is 9.69 Å². The number of carbonyl (C=O) groups excluding carboxylic acids is 1. The molecule has 1 aromatic heterocycles. The molecule has 3 rings (SSSR count). The summed E-state index contributed by atoms with van der Waals surface area (Å²) in [6.45, 7) is 3.18. The number of nitrogens with one attached hydrogen (secondary N) is 1. The normalized spacial score (nSPS) is 17.4. The van der Waals surface area contributed by atoms with E-state index >= 15 is 0 Å². The molecule has 0 saturated heterocycles. The third kappa shape index (κ3) is 4.07. The summed E-state index contributed by atoms with van der Waals surface area (Å²) in [7, 11) is 0.632. The number of anilines is 1. The summed E-state index contributed by atoms with van der Waals surface area (Å²) >= 11 is 1.76. The highest BCUT2D eigenvalue weighted by atomic mass is 32.2. The van der Waals surface area contributed by atoms with E-state index < -0.39 is 10.0 Å². The first-order chi connectivity index (χ1) is 13.2. The van der Waals surface area contributed by atoms with Crippen LogP contribution in [-0.2, 0) is 21.2 Å². The maximum Gasteiger partial charge on any atom is 0.246 e. The summed E-state index contributed by atoms with van der Waals surface area (Å²) in [6, 6.07) is 6.93. The quantitative estimate of drug-likeness (QED) is 0.773. The maximum atomic E-state index is 12.6. The van der Waals surface area contributed by atoms with Crippen LogP contribution < -0.4 is 10.1 Å². The van der Waals surface area contributed by atoms with E-state index in [1.54, 1.807) is 23.5 Å². The number of fused-ring (bicyclic) bond motifs is 1. The summed E-state index contributed by atoms with van der Waals surface area (Å²) in [5.41, 5.74) is 1.71. The molecule has 1 aliphatic heterocycles. The van der Waals surface area contributed by atoms with Gasteiger partial charge in [-0.15, -0.1) is 11.3 Å². The summed E-state index contributed by atoms with van der Waals surface area (Å²) in [4.78, 5) is 16.1. The van der Waals surface area contributed by atoms with E-state index in [1.807, 2.05) is 0 Å². The van der Waals surface area contributed by atoms with Crippen molar-refractivity contribution in [3.8, 4) is 5.75 Å². The third-order valence-corrected chi connectivity index (χ3v) is 7.79. The average Bonchev–Trinajstić information content (AvgIpc) is 3.13. The standard InChI is InChI=1S/C19H25N3O4S2/c1-13-15-8-10-27-17(15)7-9-22(13)12-19(23)20-14-5-6-16(26-4)18(11-14)28(24,25)21(2)3/h5-6,8,10-11,13H,7,9,12H2,1-4H3,(H,20,23)/t13-/m1/s1. The Labute approximate surface area is 170 Å². The van der Waals surface area contributed by atoms with Crippen molar-refractivity contribution >= 4 is 33.0 Å². The van der Waals surface area contributed by atoms with Crippen LogP contribution in [-0.4, -0.2) is 57.8 Å². The Morgan fingerprint density at radius 2 is 2.11 bits per heavy atom. The monoisotopic (exact) mass is 423 g/mol. The second-order valence-electron chi connectivity index (χ2n) is 6.90. The zero-order valence-corrected chi connectivity index (χ0v) is 18.1. The largest absolute Gasteiger partial charge is 0.495 e. The molecule has 0 aliphatic carbocycles. The lowest BCUT2D eigenvalue weighted by Crippen LogP contribution is -2.39. The number of nitrogens with zero attached hydrogens (tertiary/aromatic N) is 2. The molecule has 1 amide bonds. The van der Waals surface area contributed by atoms with Crippen molar-refractivity contribution in [3.63, 3.8) is 0 Å². The molecule has 0 spiro atoms. The maximum absolute atomic E-state index is 12.6. The van der Waals surface area contributed by atoms with Gasteiger partial charge in [0, 0.05) is 37.2 Å². The lowest BCUT2D eigenvalue weighted by molar-refractivity contribution is -0.117. The number of benzene rings is 1. The minimum absolute atomic E-state index is 0.0204. The van der Waals surface area contributed by atoms with Gasteiger partial charge in [-0.25, -0.2) is 12.7 Å². The van der Waals surface area contributed by atoms with Crippen LogP contribution >= 0.6 is 11.3 Å². The molecular formula is C19H25N3O4S2. The first-order valence-electron chi connectivity index (χ1n) is 8.94. The smallest absolute Gasteiger partial charge is 0.246 e. The fraction of sp³-hybridized carbons (Fsp3) is 0.421. The first kappa shape index (κ1) is 20.8. The Balaban J connectivity index is 1.74. The van der Waals surface area contributed by atoms with Crippen LogP contribution in [0.25, 0.3) is 0 Å². The number of amides is 1. The van der Waals surface area contributed by atoms with Gasteiger partial charge in [0.25, 0.3) is 0 Å². The van der Waals surface area contributed by atoms with Gasteiger partial charge in [-0.2, -0.15) is 0 Å². The molecule has 9 heteroatoms. The van der Waals surface area contributed by atoms with Crippen LogP contribution in [0.3, 0.4) is 0 Å². The van der Waals surface area contributed by atoms with Gasteiger partial charge in [0.2, 0.25) is 15.9 Å². The molecule has 2 heterocycles. The lowest BCUT2D eigenvalue weighted by atomic mass is 10.0. The molecule has 0 fully saturated rings. The molecule has 152 valence electrons. The Morgan fingerprint density at radius 3 is 2.79 bits per heavy atom. The molecule has 1 aliphatic rings. The van der Waals surface area contributed by atoms with E-state index in [2.05, 4.69) is 28.6 Å². The van der Waals surface area contributed by atoms with Crippen LogP contribution in [0.2, 0.25) is 0 Å². The van der Waals surface area contributed by atoms with Crippen LogP contribution in [0.5, 0.6) is 5.75 Å². The third-order valence-electron chi connectivity index (χ3n) is 4.96. The topological polar surface area (TPSA) is 79.0 Å². The second kappa shape index (κ2) is 8.20. The Morgan fingerprint density at radius 1 is 1.36 bits per heavy atom. The molecule has 0 radical (unpaired) electrons. The van der Waals surface area contributed by atoms with Gasteiger partial charge >= 0.3 is 0 Å². The summed E-state index contributed by atoms with van der Waals surface area (Å²) in [5.74, 6) is 0.0604. The fourth-order valence-electron chi connectivity index (χ4n) is 3.32. The fourth-order valence-corrected chi connectivity index (χ4v) is 5.35. The molecule has 0 saturated carbocycles. The Hall–Kier alpha value is -1.94. The van der Waals surface area contributed by atoms with Crippen LogP contribution in [0.1, 0.15) is 23.4 Å². The number of carbonyl (C=O) groups is 1. The summed E-state index contributed by atoms with van der Waals surface area (Å²) in [5, 5.41) is 4.91. The minimum Gasteiger partial charge on any atom is -0.495 e. The number of thiophene rings is 1. The molecule has 1 atom stereocenters. The highest BCUT2D eigenvalue weighted by Gasteiger charge is 2.27. The predicted molar refractivity (Wildman–Crippen MR) is 111 cm³/mol. The van der Waals surface area contributed by atoms with Gasteiger partial charge < -0.3 is 10.1 Å². The van der Waals surface area contributed by atoms with Crippen LogP contribution in [0, 0.1) is 0 Å². The zero-order chi connectivity index (χ0) is 20.5. The van der Waals surface area contributed by atoms with Gasteiger partial charge in [-0.05, 0) is 48.6 Å². The molecular weight excluding hydrogens is 398 g/mol. The first-order valence-corrected chi connectivity index (χ1v) is 11.3. The minimum atomic E-state index is -3.69. The van der Waals surface area contributed by atoms with E-state index in [9.17, 15) is 13.2 Å². The number of rotatable bonds is 6. The Bertz CT molecular complexity index is 969. The van der Waals surface area contributed by atoms with Crippen molar-refractivity contribution < 1.29 is 17.9 Å². The number of sulfonamides is 1. The van der Waals surface area contributed by atoms with E-state index in [4.69, 9.17) is 4.74 Å². The highest BCUT2D eigenvalue weighted by molar-refractivity contribution is 7.89. The number of ether oxygens (including phenoxy) is 1. The average molecular weight is 424 g/mol. The lowest BCUT2D eigenvalue weighted by Gasteiger charge is -2.32. The molecule has 2 aromatic rings. The molecule has 28 heavy (non-hydrogen) atoms. The SMILES string of the molecule is COc1ccc(NC(=O)CN2CCc3sccc3[C@H]2C)cc1S(=O)(=O)N(C)C. The van der Waals surface area contributed by atoms with Crippen molar-refractivity contribution in [1.29, 1.82) is 0 Å². The van der Waals surface area contributed by atoms with Crippen LogP contribution in [0.15, 0.2) is 34.5 Å². The van der Waals surface area contributed by atoms with Crippen molar-refractivity contribution in [1.82, 2.24) is 9.21 Å². The van der Waals surface area contributed by atoms with E-state index in [1.165, 1.54) is 37.7 Å². The number of hydrogen-bond acceptors (Lipinski definition) is 6. The van der Waals surface area contributed by atoms with Crippen molar-refractivity contribution in [2.75, 3.05) is 39.6 Å². The number of methoxy groups -OCH3 is 1. The van der Waals surface area contributed by atoms with Gasteiger partial charge in [0.15, 0.2) is 0 Å². The molecule has 7 nitrogen and oxygen atoms in total. The zero-order valence-electron chi connectivity index (χ0n) is 16.4. The molecule has 0 unspecified atom stereocenters. The van der Waals surface area contributed by atoms with Gasteiger partial charge in [0.1, 0.15) is 10.6 Å². The molecule has 0 bridgehead atoms. The van der Waals surface area contributed by atoms with E-state index in [0.717, 1.165) is 17.3 Å². The highest BCUT2D eigenvalue weighted by Crippen LogP contribution is 2.33. The van der Waals surface area contributed by atoms with E-state index in [0.29, 0.717) is 5.69 Å². The predicted octanol–water partition coefficient (Wildman–Crippen LogP) is 2.56. The van der Waals surface area contributed by atoms with Gasteiger partial charge in [-0.1, -0.05) is 0 Å². The van der Waals surface area contributed by atoms with Gasteiger partial charge in [0.05, 0.1) is 13.7 Å². The second-order valence-corrected chi connectivity index (χ2v) is 10.0. The molecule has 1 N–H and O–H groups in total. The Kier molecular flexibility index (Phi) is 6.09. The number of hydrogen-bond donors (Lipinski definition) is 1. The van der Waals surface area contributed by atoms with Crippen molar-refractivity contribution in [3.05, 3.63) is 40.1 Å². The molecule has 1 aromatic carbocycles. The van der Waals surface area contributed by atoms with Crippen LogP contribution in [0.4, 0.5) is 5.69 Å². The summed E-state index contributed by atoms with van der Waals surface area (Å²) < 4.78 is 31.3. The van der Waals surface area contributed by atoms with E-state index in [-0.39, 0.29) is 29.1 Å². The van der Waals surface area contributed by atoms with Crippen molar-refractivity contribution in [2.45, 2.75) is 24.3 Å².